The van der Waals surface area contributed by atoms with Crippen LogP contribution in [0.4, 0.5) is 17.6 Å². The van der Waals surface area contributed by atoms with Crippen molar-refractivity contribution < 1.29 is 17.6 Å². The number of aromatic nitrogens is 2. The van der Waals surface area contributed by atoms with E-state index in [2.05, 4.69) is 41.2 Å². The first-order valence-electron chi connectivity index (χ1n) is 10.2. The molecule has 1 aliphatic carbocycles. The number of rotatable bonds is 6. The molecule has 31 heavy (non-hydrogen) atoms. The third-order valence-electron chi connectivity index (χ3n) is 5.08. The summed E-state index contributed by atoms with van der Waals surface area (Å²) >= 11 is 1.74. The highest BCUT2D eigenvalue weighted by molar-refractivity contribution is 7.98. The summed E-state index contributed by atoms with van der Waals surface area (Å²) in [4.78, 5) is 3.79. The lowest BCUT2D eigenvalue weighted by Gasteiger charge is -2.20. The Kier molecular flexibility index (Phi) is 5.81. The molecule has 0 bridgehead atoms. The first-order valence-corrected chi connectivity index (χ1v) is 11.1. The van der Waals surface area contributed by atoms with E-state index in [0.29, 0.717) is 30.0 Å². The number of hydrogen-bond acceptors (Lipinski definition) is 3. The minimum absolute atomic E-state index is 0.0132. The average Bonchev–Trinajstić information content (AvgIpc) is 3.43. The molecule has 4 rings (SSSR count). The monoisotopic (exact) mass is 451 g/mol. The van der Waals surface area contributed by atoms with Crippen molar-refractivity contribution in [2.45, 2.75) is 58.1 Å². The third kappa shape index (κ3) is 5.23. The summed E-state index contributed by atoms with van der Waals surface area (Å²) in [6.45, 7) is 7.75. The molecule has 166 valence electrons. The molecule has 3 aromatic rings. The SMILES string of the molecule is CC(C)(C)Cn1cc(CNSC2CC2)c2ccc(-c3ncc(F)cc3C(F)(F)F)cc21. The molecule has 1 aromatic carbocycles. The number of halogens is 4. The zero-order chi connectivity index (χ0) is 22.4. The quantitative estimate of drug-likeness (QED) is 0.330. The number of nitrogens with one attached hydrogen (secondary N) is 1. The second kappa shape index (κ2) is 8.13. The van der Waals surface area contributed by atoms with Crippen LogP contribution >= 0.6 is 11.9 Å². The maximum Gasteiger partial charge on any atom is 0.418 e. The number of nitrogens with zero attached hydrogens (tertiary/aromatic N) is 2. The van der Waals surface area contributed by atoms with Crippen molar-refractivity contribution >= 4 is 22.9 Å². The molecule has 2 aromatic heterocycles. The predicted octanol–water partition coefficient (Wildman–Crippen LogP) is 6.81. The van der Waals surface area contributed by atoms with Crippen LogP contribution in [0.5, 0.6) is 0 Å². The molecule has 0 saturated heterocycles. The Morgan fingerprint density at radius 3 is 2.55 bits per heavy atom. The molecule has 1 N–H and O–H groups in total. The van der Waals surface area contributed by atoms with Crippen molar-refractivity contribution in [3.63, 3.8) is 0 Å². The molecule has 1 aliphatic rings. The fraction of sp³-hybridized carbons (Fsp3) is 0.435. The second-order valence-corrected chi connectivity index (χ2v) is 10.5. The summed E-state index contributed by atoms with van der Waals surface area (Å²) < 4.78 is 59.6. The lowest BCUT2D eigenvalue weighted by Crippen LogP contribution is -2.14. The lowest BCUT2D eigenvalue weighted by atomic mass is 9.97. The fourth-order valence-corrected chi connectivity index (χ4v) is 4.45. The van der Waals surface area contributed by atoms with Crippen molar-refractivity contribution in [3.8, 4) is 11.3 Å². The van der Waals surface area contributed by atoms with E-state index in [1.807, 2.05) is 6.07 Å². The van der Waals surface area contributed by atoms with Crippen molar-refractivity contribution in [3.05, 3.63) is 53.6 Å². The number of alkyl halides is 3. The van der Waals surface area contributed by atoms with Gasteiger partial charge in [0, 0.05) is 41.0 Å². The van der Waals surface area contributed by atoms with Gasteiger partial charge < -0.3 is 4.57 Å². The van der Waals surface area contributed by atoms with Gasteiger partial charge in [-0.3, -0.25) is 9.71 Å². The van der Waals surface area contributed by atoms with E-state index in [9.17, 15) is 17.6 Å². The Morgan fingerprint density at radius 1 is 1.16 bits per heavy atom. The van der Waals surface area contributed by atoms with Gasteiger partial charge >= 0.3 is 6.18 Å². The maximum atomic E-state index is 13.5. The summed E-state index contributed by atoms with van der Waals surface area (Å²) in [5, 5.41) is 1.67. The van der Waals surface area contributed by atoms with Gasteiger partial charge in [-0.05, 0) is 36.0 Å². The number of fused-ring (bicyclic) bond motifs is 1. The molecule has 0 aliphatic heterocycles. The van der Waals surface area contributed by atoms with E-state index in [1.165, 1.54) is 12.8 Å². The van der Waals surface area contributed by atoms with Crippen LogP contribution < -0.4 is 4.72 Å². The third-order valence-corrected chi connectivity index (χ3v) is 6.20. The summed E-state index contributed by atoms with van der Waals surface area (Å²) in [5.41, 5.74) is 0.925. The average molecular weight is 452 g/mol. The Hall–Kier alpha value is -2.06. The second-order valence-electron chi connectivity index (χ2n) is 9.26. The molecule has 0 radical (unpaired) electrons. The fourth-order valence-electron chi connectivity index (χ4n) is 3.61. The molecular weight excluding hydrogens is 426 g/mol. The Balaban J connectivity index is 1.78. The summed E-state index contributed by atoms with van der Waals surface area (Å²) in [5.74, 6) is -1.00. The van der Waals surface area contributed by atoms with Crippen molar-refractivity contribution in [2.75, 3.05) is 0 Å². The molecule has 0 unspecified atom stereocenters. The van der Waals surface area contributed by atoms with Crippen LogP contribution in [0.1, 0.15) is 44.7 Å². The van der Waals surface area contributed by atoms with Gasteiger partial charge in [-0.2, -0.15) is 13.2 Å². The van der Waals surface area contributed by atoms with Crippen LogP contribution in [-0.4, -0.2) is 14.8 Å². The zero-order valence-electron chi connectivity index (χ0n) is 17.7. The van der Waals surface area contributed by atoms with Gasteiger partial charge in [-0.25, -0.2) is 4.39 Å². The highest BCUT2D eigenvalue weighted by Gasteiger charge is 2.35. The van der Waals surface area contributed by atoms with E-state index in [0.717, 1.165) is 22.7 Å². The van der Waals surface area contributed by atoms with Gasteiger partial charge in [0.1, 0.15) is 5.82 Å². The highest BCUT2D eigenvalue weighted by atomic mass is 32.2. The molecule has 0 spiro atoms. The molecule has 1 fully saturated rings. The van der Waals surface area contributed by atoms with Crippen LogP contribution in [0.2, 0.25) is 0 Å². The van der Waals surface area contributed by atoms with E-state index in [4.69, 9.17) is 0 Å². The van der Waals surface area contributed by atoms with Crippen LogP contribution in [0.3, 0.4) is 0 Å². The van der Waals surface area contributed by atoms with E-state index >= 15 is 0 Å². The van der Waals surface area contributed by atoms with Crippen LogP contribution in [0, 0.1) is 11.2 Å². The van der Waals surface area contributed by atoms with E-state index in [1.54, 1.807) is 24.1 Å². The van der Waals surface area contributed by atoms with Gasteiger partial charge in [0.25, 0.3) is 0 Å². The first-order chi connectivity index (χ1) is 14.5. The molecule has 0 atom stereocenters. The van der Waals surface area contributed by atoms with Gasteiger partial charge in [-0.15, -0.1) is 0 Å². The highest BCUT2D eigenvalue weighted by Crippen LogP contribution is 2.38. The minimum Gasteiger partial charge on any atom is -0.347 e. The van der Waals surface area contributed by atoms with Crippen LogP contribution in [0.25, 0.3) is 22.2 Å². The van der Waals surface area contributed by atoms with Crippen molar-refractivity contribution in [2.24, 2.45) is 5.41 Å². The van der Waals surface area contributed by atoms with Gasteiger partial charge in [0.05, 0.1) is 17.5 Å². The summed E-state index contributed by atoms with van der Waals surface area (Å²) in [6.07, 6.45) is 0.677. The molecule has 2 heterocycles. The number of pyridine rings is 1. The van der Waals surface area contributed by atoms with Crippen molar-refractivity contribution in [1.29, 1.82) is 0 Å². The smallest absolute Gasteiger partial charge is 0.347 e. The van der Waals surface area contributed by atoms with E-state index < -0.39 is 17.6 Å². The lowest BCUT2D eigenvalue weighted by molar-refractivity contribution is -0.137. The normalized spacial score (nSPS) is 15.1. The topological polar surface area (TPSA) is 29.9 Å². The Bertz CT molecular complexity index is 1090. The maximum absolute atomic E-state index is 13.5. The van der Waals surface area contributed by atoms with E-state index in [-0.39, 0.29) is 11.1 Å². The molecule has 8 heteroatoms. The largest absolute Gasteiger partial charge is 0.418 e. The molecule has 3 nitrogen and oxygen atoms in total. The summed E-state index contributed by atoms with van der Waals surface area (Å²) in [6, 6.07) is 5.71. The Morgan fingerprint density at radius 2 is 1.90 bits per heavy atom. The minimum atomic E-state index is -4.69. The first kappa shape index (κ1) is 22.1. The molecule has 1 saturated carbocycles. The summed E-state index contributed by atoms with van der Waals surface area (Å²) in [7, 11) is 0. The standard InChI is InChI=1S/C23H25F4N3S/c1-22(2,3)13-30-12-15(10-29-31-17-5-6-17)18-7-4-14(8-20(18)30)21-19(23(25,26)27)9-16(24)11-28-21/h4,7-9,11-12,17,29H,5-6,10,13H2,1-3H3. The van der Waals surface area contributed by atoms with Gasteiger partial charge in [-0.1, -0.05) is 44.9 Å². The van der Waals surface area contributed by atoms with Crippen molar-refractivity contribution in [1.82, 2.24) is 14.3 Å². The molecular formula is C23H25F4N3S. The zero-order valence-corrected chi connectivity index (χ0v) is 18.5. The van der Waals surface area contributed by atoms with Gasteiger partial charge in [0.2, 0.25) is 0 Å². The Labute approximate surface area is 183 Å². The van der Waals surface area contributed by atoms with Gasteiger partial charge in [0.15, 0.2) is 0 Å². The number of benzene rings is 1. The number of hydrogen-bond donors (Lipinski definition) is 1. The molecule has 0 amide bonds. The predicted molar refractivity (Wildman–Crippen MR) is 117 cm³/mol. The van der Waals surface area contributed by atoms with Crippen LogP contribution in [-0.2, 0) is 19.3 Å². The van der Waals surface area contributed by atoms with Crippen LogP contribution in [0.15, 0.2) is 36.7 Å².